The second-order valence-electron chi connectivity index (χ2n) is 12.2. The highest BCUT2D eigenvalue weighted by Crippen LogP contribution is 2.44. The van der Waals surface area contributed by atoms with Crippen LogP contribution in [0.15, 0.2) is 36.4 Å². The molecule has 0 bridgehead atoms. The monoisotopic (exact) mass is 494 g/mol. The first-order valence-electron chi connectivity index (χ1n) is 15.2. The van der Waals surface area contributed by atoms with Crippen molar-refractivity contribution in [2.75, 3.05) is 6.61 Å². The van der Waals surface area contributed by atoms with E-state index in [0.29, 0.717) is 0 Å². The number of unbranched alkanes of at least 4 members (excludes halogenated alkanes) is 2. The van der Waals surface area contributed by atoms with Crippen LogP contribution < -0.4 is 0 Å². The summed E-state index contributed by atoms with van der Waals surface area (Å²) in [5.74, 6) is 3.68. The number of rotatable bonds is 10. The molecule has 3 aliphatic rings. The van der Waals surface area contributed by atoms with Gasteiger partial charge in [0.2, 0.25) is 0 Å². The molecule has 0 unspecified atom stereocenters. The molecule has 1 N–H and O–H groups in total. The minimum Gasteiger partial charge on any atom is -0.459 e. The summed E-state index contributed by atoms with van der Waals surface area (Å²) < 4.78 is 5.53. The summed E-state index contributed by atoms with van der Waals surface area (Å²) in [5.41, 5.74) is 3.30. The second kappa shape index (κ2) is 13.8. The minimum absolute atomic E-state index is 0.00279. The SMILES string of the molecule is C=C(CO)C(=O)OC1CCC(C2CCC(c3ccc(C4CCC(CCCCC)CC4)cc3)CC2)CC1. The van der Waals surface area contributed by atoms with Gasteiger partial charge in [0.25, 0.3) is 0 Å². The number of aliphatic hydroxyl groups excluding tert-OH is 1. The molecule has 3 aliphatic carbocycles. The fraction of sp³-hybridized carbons (Fsp3) is 0.727. The van der Waals surface area contributed by atoms with Crippen molar-refractivity contribution in [3.05, 3.63) is 47.5 Å². The summed E-state index contributed by atoms with van der Waals surface area (Å²) in [7, 11) is 0. The molecule has 3 heteroatoms. The van der Waals surface area contributed by atoms with Crippen molar-refractivity contribution in [2.45, 2.75) is 128 Å². The Bertz CT molecular complexity index is 804. The van der Waals surface area contributed by atoms with Crippen LogP contribution in [0, 0.1) is 17.8 Å². The standard InChI is InChI=1S/C33H50O3/c1-3-4-5-6-25-7-9-26(10-8-25)27-11-13-28(14-12-27)29-15-17-30(18-16-29)31-19-21-32(22-20-31)36-33(35)24(2)23-34/h11-14,25-26,29-32,34H,2-10,15-23H2,1H3. The fourth-order valence-corrected chi connectivity index (χ4v) is 7.41. The van der Waals surface area contributed by atoms with Gasteiger partial charge in [-0.25, -0.2) is 4.79 Å². The third-order valence-electron chi connectivity index (χ3n) is 9.85. The van der Waals surface area contributed by atoms with Crippen molar-refractivity contribution >= 4 is 5.97 Å². The van der Waals surface area contributed by atoms with Crippen LogP contribution >= 0.6 is 0 Å². The van der Waals surface area contributed by atoms with Crippen molar-refractivity contribution in [3.8, 4) is 0 Å². The molecule has 1 aromatic carbocycles. The summed E-state index contributed by atoms with van der Waals surface area (Å²) in [6, 6.07) is 9.82. The topological polar surface area (TPSA) is 46.5 Å². The number of hydrogen-bond donors (Lipinski definition) is 1. The fourth-order valence-electron chi connectivity index (χ4n) is 7.41. The van der Waals surface area contributed by atoms with Crippen LogP contribution in [-0.4, -0.2) is 23.8 Å². The highest BCUT2D eigenvalue weighted by molar-refractivity contribution is 5.88. The van der Waals surface area contributed by atoms with E-state index in [2.05, 4.69) is 37.8 Å². The van der Waals surface area contributed by atoms with Gasteiger partial charge < -0.3 is 9.84 Å². The van der Waals surface area contributed by atoms with E-state index in [1.165, 1.54) is 77.0 Å². The second-order valence-corrected chi connectivity index (χ2v) is 12.2. The minimum atomic E-state index is -0.428. The summed E-state index contributed by atoms with van der Waals surface area (Å²) in [5, 5.41) is 9.06. The molecular formula is C33H50O3. The van der Waals surface area contributed by atoms with Gasteiger partial charge in [-0.1, -0.05) is 63.5 Å². The van der Waals surface area contributed by atoms with Crippen LogP contribution in [0.4, 0.5) is 0 Å². The zero-order chi connectivity index (χ0) is 25.3. The Labute approximate surface area is 220 Å². The molecule has 4 rings (SSSR count). The third kappa shape index (κ3) is 7.46. The van der Waals surface area contributed by atoms with Crippen LogP contribution in [0.1, 0.15) is 133 Å². The van der Waals surface area contributed by atoms with Gasteiger partial charge >= 0.3 is 5.97 Å². The number of carbonyl (C=O) groups excluding carboxylic acids is 1. The van der Waals surface area contributed by atoms with Crippen molar-refractivity contribution in [1.82, 2.24) is 0 Å². The lowest BCUT2D eigenvalue weighted by molar-refractivity contribution is -0.146. The van der Waals surface area contributed by atoms with Crippen molar-refractivity contribution in [1.29, 1.82) is 0 Å². The van der Waals surface area contributed by atoms with Gasteiger partial charge in [0, 0.05) is 0 Å². The maximum Gasteiger partial charge on any atom is 0.336 e. The zero-order valence-corrected chi connectivity index (χ0v) is 22.8. The number of benzene rings is 1. The molecule has 0 heterocycles. The molecule has 0 amide bonds. The van der Waals surface area contributed by atoms with E-state index in [1.54, 1.807) is 11.1 Å². The quantitative estimate of drug-likeness (QED) is 0.202. The molecule has 1 aromatic rings. The highest BCUT2D eigenvalue weighted by atomic mass is 16.5. The lowest BCUT2D eigenvalue weighted by Gasteiger charge is -2.38. The van der Waals surface area contributed by atoms with Crippen LogP contribution in [-0.2, 0) is 9.53 Å². The largest absolute Gasteiger partial charge is 0.459 e. The van der Waals surface area contributed by atoms with Gasteiger partial charge in [0.1, 0.15) is 6.10 Å². The number of esters is 1. The Hall–Kier alpha value is -1.61. The van der Waals surface area contributed by atoms with Gasteiger partial charge in [-0.2, -0.15) is 0 Å². The molecule has 3 fully saturated rings. The lowest BCUT2D eigenvalue weighted by Crippen LogP contribution is -2.30. The van der Waals surface area contributed by atoms with Crippen LogP contribution in [0.25, 0.3) is 0 Å². The maximum absolute atomic E-state index is 11.9. The summed E-state index contributed by atoms with van der Waals surface area (Å²) >= 11 is 0. The normalized spacial score (nSPS) is 31.1. The Kier molecular flexibility index (Phi) is 10.5. The maximum atomic E-state index is 11.9. The molecule has 0 aliphatic heterocycles. The number of ether oxygens (including phenoxy) is 1. The number of carbonyl (C=O) groups is 1. The molecule has 0 aromatic heterocycles. The first-order valence-corrected chi connectivity index (χ1v) is 15.2. The van der Waals surface area contributed by atoms with E-state index in [1.807, 2.05) is 0 Å². The molecule has 0 radical (unpaired) electrons. The van der Waals surface area contributed by atoms with Crippen LogP contribution in [0.2, 0.25) is 0 Å². The van der Waals surface area contributed by atoms with Gasteiger partial charge in [0.15, 0.2) is 0 Å². The van der Waals surface area contributed by atoms with E-state index in [0.717, 1.165) is 55.3 Å². The third-order valence-corrected chi connectivity index (χ3v) is 9.85. The Morgan fingerprint density at radius 2 is 1.31 bits per heavy atom. The highest BCUT2D eigenvalue weighted by Gasteiger charge is 2.32. The zero-order valence-electron chi connectivity index (χ0n) is 22.8. The smallest absolute Gasteiger partial charge is 0.336 e. The van der Waals surface area contributed by atoms with E-state index in [-0.39, 0.29) is 18.3 Å². The Balaban J connectivity index is 1.17. The average Bonchev–Trinajstić information content (AvgIpc) is 2.94. The van der Waals surface area contributed by atoms with Gasteiger partial charge in [-0.15, -0.1) is 0 Å². The van der Waals surface area contributed by atoms with E-state index < -0.39 is 5.97 Å². The van der Waals surface area contributed by atoms with Crippen LogP contribution in [0.3, 0.4) is 0 Å². The molecular weight excluding hydrogens is 444 g/mol. The summed E-state index contributed by atoms with van der Waals surface area (Å²) in [6.45, 7) is 5.56. The molecule has 0 spiro atoms. The summed E-state index contributed by atoms with van der Waals surface area (Å²) in [6.07, 6.45) is 20.8. The van der Waals surface area contributed by atoms with E-state index in [9.17, 15) is 4.79 Å². The Morgan fingerprint density at radius 1 is 0.806 bits per heavy atom. The van der Waals surface area contributed by atoms with Gasteiger partial charge in [0.05, 0.1) is 12.2 Å². The van der Waals surface area contributed by atoms with Gasteiger partial charge in [-0.3, -0.25) is 0 Å². The molecule has 36 heavy (non-hydrogen) atoms. The van der Waals surface area contributed by atoms with E-state index >= 15 is 0 Å². The van der Waals surface area contributed by atoms with Crippen molar-refractivity contribution in [2.24, 2.45) is 17.8 Å². The van der Waals surface area contributed by atoms with Crippen molar-refractivity contribution < 1.29 is 14.6 Å². The van der Waals surface area contributed by atoms with Crippen LogP contribution in [0.5, 0.6) is 0 Å². The molecule has 0 saturated heterocycles. The van der Waals surface area contributed by atoms with Gasteiger partial charge in [-0.05, 0) is 118 Å². The lowest BCUT2D eigenvalue weighted by atomic mass is 9.69. The summed E-state index contributed by atoms with van der Waals surface area (Å²) in [4.78, 5) is 11.9. The van der Waals surface area contributed by atoms with Crippen molar-refractivity contribution in [3.63, 3.8) is 0 Å². The number of aliphatic hydroxyl groups is 1. The number of hydrogen-bond acceptors (Lipinski definition) is 3. The molecule has 3 nitrogen and oxygen atoms in total. The predicted octanol–water partition coefficient (Wildman–Crippen LogP) is 8.47. The molecule has 200 valence electrons. The Morgan fingerprint density at radius 3 is 1.81 bits per heavy atom. The van der Waals surface area contributed by atoms with E-state index in [4.69, 9.17) is 9.84 Å². The first kappa shape index (κ1) is 27.4. The molecule has 0 atom stereocenters. The first-order chi connectivity index (χ1) is 17.6. The predicted molar refractivity (Wildman–Crippen MR) is 148 cm³/mol. The molecule has 3 saturated carbocycles. The average molecular weight is 495 g/mol.